The van der Waals surface area contributed by atoms with Crippen LogP contribution in [0.1, 0.15) is 43.0 Å². The molecule has 1 N–H and O–H groups in total. The van der Waals surface area contributed by atoms with Crippen molar-refractivity contribution in [3.8, 4) is 0 Å². The van der Waals surface area contributed by atoms with E-state index in [0.717, 1.165) is 32.2 Å². The fourth-order valence-electron chi connectivity index (χ4n) is 1.87. The Bertz CT molecular complexity index is 428. The fourth-order valence-corrected chi connectivity index (χ4v) is 1.87. The molecule has 0 atom stereocenters. The monoisotopic (exact) mass is 234 g/mol. The first-order chi connectivity index (χ1) is 8.22. The smallest absolute Gasteiger partial charge is 0.255 e. The molecule has 0 saturated heterocycles. The number of nitrogens with one attached hydrogen (secondary N) is 1. The summed E-state index contributed by atoms with van der Waals surface area (Å²) in [5.41, 5.74) is 0.403. The maximum atomic E-state index is 12.2. The Morgan fingerprint density at radius 3 is 2.76 bits per heavy atom. The van der Waals surface area contributed by atoms with Gasteiger partial charge in [0.05, 0.1) is 5.56 Å². The van der Waals surface area contributed by atoms with Gasteiger partial charge in [0.2, 0.25) is 5.56 Å². The number of H-pyrrole nitrogens is 1. The van der Waals surface area contributed by atoms with Crippen molar-refractivity contribution >= 4 is 5.91 Å². The Morgan fingerprint density at radius 2 is 2.24 bits per heavy atom. The van der Waals surface area contributed by atoms with Gasteiger partial charge in [0.1, 0.15) is 0 Å². The number of carbonyl (C=O) groups excluding carboxylic acids is 1. The van der Waals surface area contributed by atoms with Gasteiger partial charge < -0.3 is 9.88 Å². The summed E-state index contributed by atoms with van der Waals surface area (Å²) in [6.07, 6.45) is 5.84. The van der Waals surface area contributed by atoms with E-state index in [1.54, 1.807) is 6.07 Å². The highest BCUT2D eigenvalue weighted by molar-refractivity contribution is 5.94. The highest BCUT2D eigenvalue weighted by Gasteiger charge is 2.32. The SMILES string of the molecule is CCCCN(C(=O)c1ccc(=O)[nH]c1)C1CC1. The molecule has 1 aliphatic carbocycles. The molecule has 0 bridgehead atoms. The predicted molar refractivity (Wildman–Crippen MR) is 66.0 cm³/mol. The Hall–Kier alpha value is -1.58. The Labute approximate surface area is 101 Å². The number of hydrogen-bond donors (Lipinski definition) is 1. The first-order valence-corrected chi connectivity index (χ1v) is 6.22. The van der Waals surface area contributed by atoms with Gasteiger partial charge in [0.15, 0.2) is 0 Å². The molecule has 0 aliphatic heterocycles. The number of nitrogens with zero attached hydrogens (tertiary/aromatic N) is 1. The van der Waals surface area contributed by atoms with Gasteiger partial charge >= 0.3 is 0 Å². The van der Waals surface area contributed by atoms with Gasteiger partial charge in [-0.05, 0) is 25.3 Å². The average molecular weight is 234 g/mol. The number of rotatable bonds is 5. The summed E-state index contributed by atoms with van der Waals surface area (Å²) in [5.74, 6) is 0.0391. The summed E-state index contributed by atoms with van der Waals surface area (Å²) in [5, 5.41) is 0. The van der Waals surface area contributed by atoms with Gasteiger partial charge in [-0.25, -0.2) is 0 Å². The molecule has 0 radical (unpaired) electrons. The van der Waals surface area contributed by atoms with Crippen molar-refractivity contribution < 1.29 is 4.79 Å². The van der Waals surface area contributed by atoms with Gasteiger partial charge in [0, 0.05) is 24.8 Å². The largest absolute Gasteiger partial charge is 0.336 e. The minimum atomic E-state index is -0.173. The number of hydrogen-bond acceptors (Lipinski definition) is 2. The number of aromatic nitrogens is 1. The molecule has 0 unspecified atom stereocenters. The summed E-state index contributed by atoms with van der Waals surface area (Å²) in [4.78, 5) is 27.7. The Kier molecular flexibility index (Phi) is 3.61. The third kappa shape index (κ3) is 2.96. The molecule has 1 fully saturated rings. The highest BCUT2D eigenvalue weighted by Crippen LogP contribution is 2.28. The van der Waals surface area contributed by atoms with Crippen LogP contribution in [0.25, 0.3) is 0 Å². The maximum Gasteiger partial charge on any atom is 0.255 e. The molecule has 92 valence electrons. The van der Waals surface area contributed by atoms with E-state index in [4.69, 9.17) is 0 Å². The van der Waals surface area contributed by atoms with Crippen LogP contribution in [0.2, 0.25) is 0 Å². The van der Waals surface area contributed by atoms with Crippen molar-refractivity contribution in [3.63, 3.8) is 0 Å². The van der Waals surface area contributed by atoms with E-state index in [-0.39, 0.29) is 11.5 Å². The molecule has 4 heteroatoms. The minimum Gasteiger partial charge on any atom is -0.336 e. The van der Waals surface area contributed by atoms with Crippen molar-refractivity contribution in [2.45, 2.75) is 38.6 Å². The van der Waals surface area contributed by atoms with Gasteiger partial charge in [-0.2, -0.15) is 0 Å². The van der Waals surface area contributed by atoms with E-state index >= 15 is 0 Å². The number of unbranched alkanes of at least 4 members (excludes halogenated alkanes) is 1. The van der Waals surface area contributed by atoms with Crippen LogP contribution in [0.3, 0.4) is 0 Å². The summed E-state index contributed by atoms with van der Waals surface area (Å²) < 4.78 is 0. The quantitative estimate of drug-likeness (QED) is 0.844. The summed E-state index contributed by atoms with van der Waals surface area (Å²) in [6, 6.07) is 3.42. The van der Waals surface area contributed by atoms with Crippen molar-refractivity contribution in [3.05, 3.63) is 34.2 Å². The first-order valence-electron chi connectivity index (χ1n) is 6.22. The van der Waals surface area contributed by atoms with Crippen LogP contribution in [-0.4, -0.2) is 28.4 Å². The lowest BCUT2D eigenvalue weighted by Gasteiger charge is -2.22. The van der Waals surface area contributed by atoms with E-state index in [2.05, 4.69) is 11.9 Å². The van der Waals surface area contributed by atoms with Gasteiger partial charge in [0.25, 0.3) is 5.91 Å². The summed E-state index contributed by atoms with van der Waals surface area (Å²) in [7, 11) is 0. The maximum absolute atomic E-state index is 12.2. The third-order valence-electron chi connectivity index (χ3n) is 3.03. The predicted octanol–water partition coefficient (Wildman–Crippen LogP) is 1.78. The van der Waals surface area contributed by atoms with Crippen molar-refractivity contribution in [1.29, 1.82) is 0 Å². The number of pyridine rings is 1. The molecule has 1 aliphatic rings. The molecule has 1 aromatic heterocycles. The van der Waals surface area contributed by atoms with Crippen LogP contribution < -0.4 is 5.56 Å². The molecule has 1 heterocycles. The second kappa shape index (κ2) is 5.17. The zero-order chi connectivity index (χ0) is 12.3. The molecule has 4 nitrogen and oxygen atoms in total. The van der Waals surface area contributed by atoms with Crippen LogP contribution in [0, 0.1) is 0 Å². The van der Waals surface area contributed by atoms with E-state index < -0.39 is 0 Å². The lowest BCUT2D eigenvalue weighted by Crippen LogP contribution is -2.34. The third-order valence-corrected chi connectivity index (χ3v) is 3.03. The van der Waals surface area contributed by atoms with Gasteiger partial charge in [-0.3, -0.25) is 9.59 Å². The number of carbonyl (C=O) groups is 1. The van der Waals surface area contributed by atoms with E-state index in [0.29, 0.717) is 11.6 Å². The van der Waals surface area contributed by atoms with Gasteiger partial charge in [-0.1, -0.05) is 13.3 Å². The Balaban J connectivity index is 2.09. The molecule has 0 spiro atoms. The molecular formula is C13H18N2O2. The summed E-state index contributed by atoms with van der Waals surface area (Å²) in [6.45, 7) is 2.94. The normalized spacial score (nSPS) is 14.6. The number of amides is 1. The topological polar surface area (TPSA) is 53.2 Å². The van der Waals surface area contributed by atoms with E-state index in [1.165, 1.54) is 12.3 Å². The van der Waals surface area contributed by atoms with Crippen LogP contribution in [-0.2, 0) is 0 Å². The Morgan fingerprint density at radius 1 is 1.47 bits per heavy atom. The van der Waals surface area contributed by atoms with Crippen LogP contribution in [0.4, 0.5) is 0 Å². The lowest BCUT2D eigenvalue weighted by atomic mass is 10.2. The van der Waals surface area contributed by atoms with E-state index in [1.807, 2.05) is 4.90 Å². The van der Waals surface area contributed by atoms with Crippen molar-refractivity contribution in [2.75, 3.05) is 6.54 Å². The molecule has 1 saturated carbocycles. The van der Waals surface area contributed by atoms with Crippen molar-refractivity contribution in [2.24, 2.45) is 0 Å². The fraction of sp³-hybridized carbons (Fsp3) is 0.538. The zero-order valence-electron chi connectivity index (χ0n) is 10.1. The van der Waals surface area contributed by atoms with Crippen LogP contribution >= 0.6 is 0 Å². The minimum absolute atomic E-state index is 0.0391. The molecule has 2 rings (SSSR count). The molecule has 17 heavy (non-hydrogen) atoms. The molecular weight excluding hydrogens is 216 g/mol. The lowest BCUT2D eigenvalue weighted by molar-refractivity contribution is 0.0740. The molecule has 0 aromatic carbocycles. The molecule has 1 amide bonds. The second-order valence-corrected chi connectivity index (χ2v) is 4.52. The standard InChI is InChI=1S/C13H18N2O2/c1-2-3-8-15(11-5-6-11)13(17)10-4-7-12(16)14-9-10/h4,7,9,11H,2-3,5-6,8H2,1H3,(H,14,16). The van der Waals surface area contributed by atoms with E-state index in [9.17, 15) is 9.59 Å². The van der Waals surface area contributed by atoms with Crippen molar-refractivity contribution in [1.82, 2.24) is 9.88 Å². The summed E-state index contributed by atoms with van der Waals surface area (Å²) >= 11 is 0. The highest BCUT2D eigenvalue weighted by atomic mass is 16.2. The first kappa shape index (κ1) is 11.9. The van der Waals surface area contributed by atoms with Gasteiger partial charge in [-0.15, -0.1) is 0 Å². The second-order valence-electron chi connectivity index (χ2n) is 4.52. The van der Waals surface area contributed by atoms with Crippen LogP contribution in [0.15, 0.2) is 23.1 Å². The number of aromatic amines is 1. The zero-order valence-corrected chi connectivity index (χ0v) is 10.1. The average Bonchev–Trinajstić information content (AvgIpc) is 3.14. The molecule has 1 aromatic rings. The van der Waals surface area contributed by atoms with Crippen LogP contribution in [0.5, 0.6) is 0 Å².